The van der Waals surface area contributed by atoms with Crippen molar-refractivity contribution in [3.63, 3.8) is 0 Å². The number of carbonyl (C=O) groups is 1. The lowest BCUT2D eigenvalue weighted by molar-refractivity contribution is 0.102. The molecule has 0 saturated heterocycles. The number of carbonyl (C=O) groups excluding carboxylic acids is 1. The Kier molecular flexibility index (Phi) is 5.49. The van der Waals surface area contributed by atoms with E-state index in [0.29, 0.717) is 22.2 Å². The molecule has 4 aromatic rings. The molecule has 1 amide bonds. The molecule has 0 aliphatic carbocycles. The van der Waals surface area contributed by atoms with E-state index in [-0.39, 0.29) is 5.91 Å². The molecule has 0 atom stereocenters. The zero-order valence-electron chi connectivity index (χ0n) is 16.7. The zero-order chi connectivity index (χ0) is 21.1. The first kappa shape index (κ1) is 19.7. The van der Waals surface area contributed by atoms with E-state index in [0.717, 1.165) is 21.8 Å². The van der Waals surface area contributed by atoms with Crippen molar-refractivity contribution in [1.29, 1.82) is 0 Å². The van der Waals surface area contributed by atoms with E-state index in [4.69, 9.17) is 9.47 Å². The molecule has 8 heteroatoms. The van der Waals surface area contributed by atoms with Crippen LogP contribution in [0.25, 0.3) is 16.9 Å². The Balaban J connectivity index is 1.53. The lowest BCUT2D eigenvalue weighted by Gasteiger charge is -2.08. The largest absolute Gasteiger partial charge is 0.493 e. The molecule has 2 heterocycles. The van der Waals surface area contributed by atoms with Gasteiger partial charge in [0, 0.05) is 28.4 Å². The second-order valence-electron chi connectivity index (χ2n) is 6.45. The molecule has 0 unspecified atom stereocenters. The standard InChI is InChI=1S/C22H20N4O3S/c1-14-20(16-7-10-18(28-2)19(13-16)29-3)24-22(30-14)25-21(27)15-5-8-17(9-6-15)26-12-4-11-23-26/h4-13H,1-3H3,(H,24,25,27). The Labute approximate surface area is 177 Å². The van der Waals surface area contributed by atoms with Gasteiger partial charge >= 0.3 is 0 Å². The van der Waals surface area contributed by atoms with Gasteiger partial charge in [0.25, 0.3) is 5.91 Å². The first-order valence-corrected chi connectivity index (χ1v) is 10.0. The number of aromatic nitrogens is 3. The predicted octanol–water partition coefficient (Wildman–Crippen LogP) is 4.57. The summed E-state index contributed by atoms with van der Waals surface area (Å²) in [5, 5.41) is 7.61. The van der Waals surface area contributed by atoms with Crippen LogP contribution in [0.3, 0.4) is 0 Å². The molecule has 4 rings (SSSR count). The number of hydrogen-bond donors (Lipinski definition) is 1. The molecular formula is C22H20N4O3S. The van der Waals surface area contributed by atoms with Crippen LogP contribution in [0.15, 0.2) is 60.9 Å². The second kappa shape index (κ2) is 8.38. The van der Waals surface area contributed by atoms with Crippen LogP contribution in [-0.4, -0.2) is 34.9 Å². The molecule has 0 radical (unpaired) electrons. The SMILES string of the molecule is COc1ccc(-c2nc(NC(=O)c3ccc(-n4cccn4)cc3)sc2C)cc1OC. The number of aryl methyl sites for hydroxylation is 1. The molecule has 0 aliphatic rings. The maximum absolute atomic E-state index is 12.6. The topological polar surface area (TPSA) is 78.3 Å². The van der Waals surface area contributed by atoms with Crippen LogP contribution in [0.1, 0.15) is 15.2 Å². The van der Waals surface area contributed by atoms with Crippen molar-refractivity contribution in [2.24, 2.45) is 0 Å². The van der Waals surface area contributed by atoms with Crippen molar-refractivity contribution in [3.8, 4) is 28.4 Å². The fraction of sp³-hybridized carbons (Fsp3) is 0.136. The fourth-order valence-electron chi connectivity index (χ4n) is 3.06. The summed E-state index contributed by atoms with van der Waals surface area (Å²) in [7, 11) is 3.19. The summed E-state index contributed by atoms with van der Waals surface area (Å²) in [6.07, 6.45) is 3.56. The Morgan fingerprint density at radius 3 is 2.50 bits per heavy atom. The van der Waals surface area contributed by atoms with Gasteiger partial charge in [-0.2, -0.15) is 5.10 Å². The minimum absolute atomic E-state index is 0.213. The molecule has 7 nitrogen and oxygen atoms in total. The quantitative estimate of drug-likeness (QED) is 0.494. The second-order valence-corrected chi connectivity index (χ2v) is 7.65. The van der Waals surface area contributed by atoms with Crippen molar-refractivity contribution in [3.05, 3.63) is 71.4 Å². The van der Waals surface area contributed by atoms with Gasteiger partial charge in [-0.25, -0.2) is 9.67 Å². The molecule has 2 aromatic heterocycles. The molecule has 30 heavy (non-hydrogen) atoms. The Morgan fingerprint density at radius 1 is 1.07 bits per heavy atom. The molecule has 1 N–H and O–H groups in total. The van der Waals surface area contributed by atoms with Crippen LogP contribution in [0, 0.1) is 6.92 Å². The average Bonchev–Trinajstić information content (AvgIpc) is 3.43. The maximum atomic E-state index is 12.6. The minimum atomic E-state index is -0.213. The number of methoxy groups -OCH3 is 2. The third-order valence-corrected chi connectivity index (χ3v) is 5.46. The molecule has 0 bridgehead atoms. The third-order valence-electron chi connectivity index (χ3n) is 4.57. The first-order chi connectivity index (χ1) is 14.6. The molecular weight excluding hydrogens is 400 g/mol. The molecule has 0 fully saturated rings. The fourth-order valence-corrected chi connectivity index (χ4v) is 3.89. The molecule has 152 valence electrons. The van der Waals surface area contributed by atoms with Gasteiger partial charge in [-0.1, -0.05) is 0 Å². The minimum Gasteiger partial charge on any atom is -0.493 e. The predicted molar refractivity (Wildman–Crippen MR) is 117 cm³/mol. The van der Waals surface area contributed by atoms with Crippen LogP contribution >= 0.6 is 11.3 Å². The highest BCUT2D eigenvalue weighted by Crippen LogP contribution is 2.36. The van der Waals surface area contributed by atoms with E-state index >= 15 is 0 Å². The Morgan fingerprint density at radius 2 is 1.83 bits per heavy atom. The summed E-state index contributed by atoms with van der Waals surface area (Å²) < 4.78 is 12.4. The lowest BCUT2D eigenvalue weighted by atomic mass is 10.1. The summed E-state index contributed by atoms with van der Waals surface area (Å²) >= 11 is 1.43. The van der Waals surface area contributed by atoms with Gasteiger partial charge in [-0.05, 0) is 55.5 Å². The van der Waals surface area contributed by atoms with E-state index < -0.39 is 0 Å². The number of anilines is 1. The third kappa shape index (κ3) is 3.90. The van der Waals surface area contributed by atoms with Crippen LogP contribution in [-0.2, 0) is 0 Å². The van der Waals surface area contributed by atoms with Gasteiger partial charge in [-0.3, -0.25) is 10.1 Å². The van der Waals surface area contributed by atoms with Gasteiger partial charge in [0.05, 0.1) is 25.6 Å². The average molecular weight is 420 g/mol. The normalized spacial score (nSPS) is 10.6. The summed E-state index contributed by atoms with van der Waals surface area (Å²) in [6.45, 7) is 1.97. The lowest BCUT2D eigenvalue weighted by Crippen LogP contribution is -2.11. The van der Waals surface area contributed by atoms with Gasteiger partial charge in [0.2, 0.25) is 0 Å². The van der Waals surface area contributed by atoms with E-state index in [1.807, 2.05) is 49.5 Å². The number of amides is 1. The van der Waals surface area contributed by atoms with Crippen molar-refractivity contribution < 1.29 is 14.3 Å². The highest BCUT2D eigenvalue weighted by atomic mass is 32.1. The smallest absolute Gasteiger partial charge is 0.257 e. The highest BCUT2D eigenvalue weighted by Gasteiger charge is 2.15. The number of thiazole rings is 1. The van der Waals surface area contributed by atoms with E-state index in [1.165, 1.54) is 11.3 Å². The van der Waals surface area contributed by atoms with Crippen molar-refractivity contribution in [2.45, 2.75) is 6.92 Å². The van der Waals surface area contributed by atoms with Gasteiger partial charge in [0.15, 0.2) is 16.6 Å². The van der Waals surface area contributed by atoms with Crippen LogP contribution in [0.2, 0.25) is 0 Å². The Bertz CT molecular complexity index is 1170. The van der Waals surface area contributed by atoms with E-state index in [1.54, 1.807) is 37.2 Å². The number of benzene rings is 2. The number of ether oxygens (including phenoxy) is 2. The van der Waals surface area contributed by atoms with Gasteiger partial charge < -0.3 is 9.47 Å². The molecule has 2 aromatic carbocycles. The number of nitrogens with one attached hydrogen (secondary N) is 1. The first-order valence-electron chi connectivity index (χ1n) is 9.20. The number of hydrogen-bond acceptors (Lipinski definition) is 6. The zero-order valence-corrected chi connectivity index (χ0v) is 17.6. The molecule has 0 saturated carbocycles. The molecule has 0 aliphatic heterocycles. The monoisotopic (exact) mass is 420 g/mol. The summed E-state index contributed by atoms with van der Waals surface area (Å²) in [5.41, 5.74) is 3.12. The number of nitrogens with zero attached hydrogens (tertiary/aromatic N) is 3. The van der Waals surface area contributed by atoms with Gasteiger partial charge in [0.1, 0.15) is 0 Å². The van der Waals surface area contributed by atoms with E-state index in [2.05, 4.69) is 15.4 Å². The van der Waals surface area contributed by atoms with Crippen molar-refractivity contribution in [2.75, 3.05) is 19.5 Å². The van der Waals surface area contributed by atoms with Crippen LogP contribution < -0.4 is 14.8 Å². The summed E-state index contributed by atoms with van der Waals surface area (Å²) in [4.78, 5) is 18.3. The van der Waals surface area contributed by atoms with E-state index in [9.17, 15) is 4.79 Å². The molecule has 0 spiro atoms. The maximum Gasteiger partial charge on any atom is 0.257 e. The number of rotatable bonds is 6. The summed E-state index contributed by atoms with van der Waals surface area (Å²) in [5.74, 6) is 1.07. The van der Waals surface area contributed by atoms with Crippen molar-refractivity contribution in [1.82, 2.24) is 14.8 Å². The summed E-state index contributed by atoms with van der Waals surface area (Å²) in [6, 6.07) is 14.7. The van der Waals surface area contributed by atoms with Crippen LogP contribution in [0.5, 0.6) is 11.5 Å². The van der Waals surface area contributed by atoms with Crippen molar-refractivity contribution >= 4 is 22.4 Å². The van der Waals surface area contributed by atoms with Gasteiger partial charge in [-0.15, -0.1) is 11.3 Å². The van der Waals surface area contributed by atoms with Crippen LogP contribution in [0.4, 0.5) is 5.13 Å². The highest BCUT2D eigenvalue weighted by molar-refractivity contribution is 7.16. The Hall–Kier alpha value is -3.65.